The van der Waals surface area contributed by atoms with Gasteiger partial charge in [0, 0.05) is 31.5 Å². The summed E-state index contributed by atoms with van der Waals surface area (Å²) in [7, 11) is 3.03. The number of para-hydroxylation sites is 2. The fourth-order valence-corrected chi connectivity index (χ4v) is 3.92. The summed E-state index contributed by atoms with van der Waals surface area (Å²) in [6.07, 6.45) is 1.80. The van der Waals surface area contributed by atoms with Crippen molar-refractivity contribution in [2.24, 2.45) is 14.1 Å². The van der Waals surface area contributed by atoms with Gasteiger partial charge in [-0.25, -0.2) is 9.18 Å². The first-order chi connectivity index (χ1) is 15.4. The third-order valence-corrected chi connectivity index (χ3v) is 5.59. The Hall–Kier alpha value is -4.14. The lowest BCUT2D eigenvalue weighted by Gasteiger charge is -2.14. The van der Waals surface area contributed by atoms with Crippen molar-refractivity contribution in [1.82, 2.24) is 23.1 Å². The summed E-state index contributed by atoms with van der Waals surface area (Å²) < 4.78 is 26.0. The molecule has 0 unspecified atom stereocenters. The highest BCUT2D eigenvalue weighted by molar-refractivity contribution is 5.76. The smallest absolute Gasteiger partial charge is 0.332 e. The van der Waals surface area contributed by atoms with E-state index in [2.05, 4.69) is 4.98 Å². The van der Waals surface area contributed by atoms with Crippen LogP contribution in [0.3, 0.4) is 0 Å². The van der Waals surface area contributed by atoms with Gasteiger partial charge in [-0.05, 0) is 25.1 Å². The van der Waals surface area contributed by atoms with Gasteiger partial charge in [0.2, 0.25) is 5.78 Å². The summed E-state index contributed by atoms with van der Waals surface area (Å²) in [4.78, 5) is 29.8. The van der Waals surface area contributed by atoms with Gasteiger partial charge >= 0.3 is 5.69 Å². The highest BCUT2D eigenvalue weighted by atomic mass is 19.1. The van der Waals surface area contributed by atoms with Gasteiger partial charge in [-0.2, -0.15) is 4.98 Å². The van der Waals surface area contributed by atoms with Crippen LogP contribution in [0.4, 0.5) is 4.39 Å². The van der Waals surface area contributed by atoms with E-state index >= 15 is 0 Å². The minimum Gasteiger partial charge on any atom is -0.487 e. The van der Waals surface area contributed by atoms with Crippen LogP contribution in [0.2, 0.25) is 0 Å². The third-order valence-electron chi connectivity index (χ3n) is 5.59. The molecule has 0 aliphatic heterocycles. The van der Waals surface area contributed by atoms with E-state index < -0.39 is 11.2 Å². The minimum absolute atomic E-state index is 0.0613. The Bertz CT molecular complexity index is 1620. The molecule has 2 aromatic carbocycles. The number of nitrogens with zero attached hydrogens (tertiary/aromatic N) is 5. The normalized spacial score (nSPS) is 11.5. The van der Waals surface area contributed by atoms with Crippen molar-refractivity contribution in [3.63, 3.8) is 0 Å². The number of imidazole rings is 2. The SMILES string of the molecule is Cc1cn2c3c(=O)n(C)c(=O)n(C)c3nc2n1-c1ccccc1OCc1ccccc1F. The van der Waals surface area contributed by atoms with Gasteiger partial charge < -0.3 is 4.74 Å². The van der Waals surface area contributed by atoms with E-state index in [1.807, 2.05) is 29.7 Å². The Morgan fingerprint density at radius 3 is 2.50 bits per heavy atom. The predicted molar refractivity (Wildman–Crippen MR) is 118 cm³/mol. The molecule has 0 aliphatic rings. The Kier molecular flexibility index (Phi) is 4.47. The van der Waals surface area contributed by atoms with E-state index in [-0.39, 0.29) is 12.4 Å². The minimum atomic E-state index is -0.444. The molecule has 162 valence electrons. The summed E-state index contributed by atoms with van der Waals surface area (Å²) in [5.41, 5.74) is 1.70. The standard InChI is InChI=1S/C23H20FN5O3/c1-14-12-28-19-20(26(2)23(31)27(3)21(19)30)25-22(28)29(14)17-10-6-7-11-18(17)32-13-15-8-4-5-9-16(15)24/h4-12H,13H2,1-3H3. The molecule has 3 heterocycles. The highest BCUT2D eigenvalue weighted by Crippen LogP contribution is 2.28. The van der Waals surface area contributed by atoms with Gasteiger partial charge in [-0.3, -0.25) is 22.9 Å². The molecule has 0 bridgehead atoms. The van der Waals surface area contributed by atoms with Gasteiger partial charge in [0.1, 0.15) is 18.2 Å². The first-order valence-corrected chi connectivity index (χ1v) is 10.00. The number of halogens is 1. The van der Waals surface area contributed by atoms with E-state index in [0.717, 1.165) is 10.3 Å². The topological polar surface area (TPSA) is 75.5 Å². The van der Waals surface area contributed by atoms with Crippen molar-refractivity contribution in [3.05, 3.63) is 92.6 Å². The van der Waals surface area contributed by atoms with E-state index in [9.17, 15) is 14.0 Å². The number of hydrogen-bond donors (Lipinski definition) is 0. The number of aryl methyl sites for hydroxylation is 2. The zero-order chi connectivity index (χ0) is 22.6. The quantitative estimate of drug-likeness (QED) is 0.437. The second-order valence-corrected chi connectivity index (χ2v) is 7.61. The Morgan fingerprint density at radius 2 is 1.72 bits per heavy atom. The molecule has 0 fully saturated rings. The second kappa shape index (κ2) is 7.23. The van der Waals surface area contributed by atoms with Gasteiger partial charge in [0.05, 0.1) is 5.69 Å². The zero-order valence-corrected chi connectivity index (χ0v) is 17.7. The summed E-state index contributed by atoms with van der Waals surface area (Å²) in [5.74, 6) is 0.671. The molecule has 9 heteroatoms. The molecule has 0 atom stereocenters. The van der Waals surface area contributed by atoms with Crippen LogP contribution in [0.25, 0.3) is 22.6 Å². The molecule has 0 saturated carbocycles. The summed E-state index contributed by atoms with van der Waals surface area (Å²) in [5, 5.41) is 0. The van der Waals surface area contributed by atoms with Crippen molar-refractivity contribution in [2.75, 3.05) is 0 Å². The number of rotatable bonds is 4. The third kappa shape index (κ3) is 2.85. The zero-order valence-electron chi connectivity index (χ0n) is 17.7. The van der Waals surface area contributed by atoms with Crippen molar-refractivity contribution in [3.8, 4) is 11.4 Å². The van der Waals surface area contributed by atoms with E-state index in [0.29, 0.717) is 33.9 Å². The van der Waals surface area contributed by atoms with Crippen molar-refractivity contribution in [1.29, 1.82) is 0 Å². The molecule has 5 aromatic rings. The molecular weight excluding hydrogens is 413 g/mol. The molecule has 5 rings (SSSR count). The lowest BCUT2D eigenvalue weighted by Crippen LogP contribution is -2.37. The Labute approximate surface area is 181 Å². The molecule has 0 radical (unpaired) electrons. The van der Waals surface area contributed by atoms with Crippen LogP contribution < -0.4 is 16.0 Å². The van der Waals surface area contributed by atoms with Gasteiger partial charge in [0.15, 0.2) is 11.2 Å². The second-order valence-electron chi connectivity index (χ2n) is 7.61. The molecule has 0 amide bonds. The van der Waals surface area contributed by atoms with Crippen molar-refractivity contribution >= 4 is 16.9 Å². The van der Waals surface area contributed by atoms with Crippen LogP contribution in [0.15, 0.2) is 64.3 Å². The average Bonchev–Trinajstić information content (AvgIpc) is 3.30. The largest absolute Gasteiger partial charge is 0.487 e. The first kappa shape index (κ1) is 19.8. The molecule has 0 N–H and O–H groups in total. The molecule has 8 nitrogen and oxygen atoms in total. The molecule has 0 spiro atoms. The maximum Gasteiger partial charge on any atom is 0.332 e. The predicted octanol–water partition coefficient (Wildman–Crippen LogP) is 2.70. The molecule has 32 heavy (non-hydrogen) atoms. The first-order valence-electron chi connectivity index (χ1n) is 10.00. The molecule has 0 aliphatic carbocycles. The van der Waals surface area contributed by atoms with Gasteiger partial charge in [-0.1, -0.05) is 30.3 Å². The monoisotopic (exact) mass is 433 g/mol. The van der Waals surface area contributed by atoms with Crippen LogP contribution in [-0.2, 0) is 20.7 Å². The van der Waals surface area contributed by atoms with Crippen molar-refractivity contribution < 1.29 is 9.13 Å². The van der Waals surface area contributed by atoms with Crippen LogP contribution in [-0.4, -0.2) is 23.1 Å². The Morgan fingerprint density at radius 1 is 1.00 bits per heavy atom. The number of benzene rings is 2. The fraction of sp³-hybridized carbons (Fsp3) is 0.174. The van der Waals surface area contributed by atoms with Crippen LogP contribution >= 0.6 is 0 Å². The van der Waals surface area contributed by atoms with Crippen LogP contribution in [0, 0.1) is 12.7 Å². The highest BCUT2D eigenvalue weighted by Gasteiger charge is 2.21. The summed E-state index contributed by atoms with van der Waals surface area (Å²) in [6.45, 7) is 1.95. The molecule has 0 saturated heterocycles. The summed E-state index contributed by atoms with van der Waals surface area (Å²) in [6, 6.07) is 13.8. The lowest BCUT2D eigenvalue weighted by atomic mass is 10.2. The number of fused-ring (bicyclic) bond motifs is 3. The number of hydrogen-bond acceptors (Lipinski definition) is 4. The van der Waals surface area contributed by atoms with Gasteiger partial charge in [0.25, 0.3) is 5.56 Å². The van der Waals surface area contributed by atoms with Gasteiger partial charge in [-0.15, -0.1) is 0 Å². The fourth-order valence-electron chi connectivity index (χ4n) is 3.92. The summed E-state index contributed by atoms with van der Waals surface area (Å²) >= 11 is 0. The van der Waals surface area contributed by atoms with Crippen molar-refractivity contribution in [2.45, 2.75) is 13.5 Å². The van der Waals surface area contributed by atoms with E-state index in [1.54, 1.807) is 41.9 Å². The average molecular weight is 433 g/mol. The Balaban J connectivity index is 1.69. The van der Waals surface area contributed by atoms with Crippen LogP contribution in [0.1, 0.15) is 11.3 Å². The van der Waals surface area contributed by atoms with E-state index in [4.69, 9.17) is 4.74 Å². The van der Waals surface area contributed by atoms with Crippen LogP contribution in [0.5, 0.6) is 5.75 Å². The lowest BCUT2D eigenvalue weighted by molar-refractivity contribution is 0.299. The van der Waals surface area contributed by atoms with E-state index in [1.165, 1.54) is 17.7 Å². The molecule has 3 aromatic heterocycles. The number of ether oxygens (including phenoxy) is 1. The maximum atomic E-state index is 14.0. The number of aromatic nitrogens is 5. The molecular formula is C23H20FN5O3. The maximum absolute atomic E-state index is 14.0.